The van der Waals surface area contributed by atoms with Gasteiger partial charge in [-0.25, -0.2) is 0 Å². The van der Waals surface area contributed by atoms with Gasteiger partial charge in [0.15, 0.2) is 11.5 Å². The van der Waals surface area contributed by atoms with Crippen LogP contribution in [0.15, 0.2) is 18.2 Å². The number of hydrogen-bond donors (Lipinski definition) is 0. The van der Waals surface area contributed by atoms with Gasteiger partial charge in [0.2, 0.25) is 0 Å². The first-order chi connectivity index (χ1) is 15.2. The molecule has 0 bridgehead atoms. The number of methoxy groups -OCH3 is 2. The number of ether oxygens (including phenoxy) is 2. The zero-order valence-corrected chi connectivity index (χ0v) is 20.1. The Morgan fingerprint density at radius 2 is 1.66 bits per heavy atom. The third-order valence-electron chi connectivity index (χ3n) is 7.05. The van der Waals surface area contributed by atoms with Gasteiger partial charge in [-0.15, -0.1) is 0 Å². The van der Waals surface area contributed by atoms with Gasteiger partial charge >= 0.3 is 10.1 Å². The quantitative estimate of drug-likeness (QED) is 0.427. The van der Waals surface area contributed by atoms with E-state index >= 15 is 0 Å². The van der Waals surface area contributed by atoms with E-state index in [1.165, 1.54) is 29.4 Å². The summed E-state index contributed by atoms with van der Waals surface area (Å²) in [7, 11) is -0.362. The van der Waals surface area contributed by atoms with Crippen LogP contribution >= 0.6 is 0 Å². The van der Waals surface area contributed by atoms with Crippen molar-refractivity contribution in [3.05, 3.63) is 40.5 Å². The average molecular weight is 456 g/mol. The molecule has 3 aromatic rings. The second kappa shape index (κ2) is 7.52. The van der Waals surface area contributed by atoms with E-state index in [1.807, 2.05) is 19.9 Å². The fraction of sp³-hybridized carbons (Fsp3) is 0.440. The Bertz CT molecular complexity index is 1360. The summed E-state index contributed by atoms with van der Waals surface area (Å²) in [5.74, 6) is 1.76. The van der Waals surface area contributed by atoms with Crippen LogP contribution in [0.2, 0.25) is 0 Å². The lowest BCUT2D eigenvalue weighted by Gasteiger charge is -2.34. The van der Waals surface area contributed by atoms with Crippen LogP contribution in [0.3, 0.4) is 0 Å². The smallest absolute Gasteiger partial charge is 0.306 e. The van der Waals surface area contributed by atoms with E-state index in [1.54, 1.807) is 14.2 Å². The molecule has 2 heterocycles. The Labute approximate surface area is 189 Å². The summed E-state index contributed by atoms with van der Waals surface area (Å²) in [4.78, 5) is 2.59. The van der Waals surface area contributed by atoms with E-state index in [0.29, 0.717) is 23.3 Å². The molecule has 1 saturated heterocycles. The van der Waals surface area contributed by atoms with Crippen molar-refractivity contribution < 1.29 is 22.1 Å². The van der Waals surface area contributed by atoms with Crippen LogP contribution in [-0.2, 0) is 23.1 Å². The third-order valence-corrected chi connectivity index (χ3v) is 7.52. The zero-order chi connectivity index (χ0) is 22.8. The zero-order valence-electron chi connectivity index (χ0n) is 19.2. The van der Waals surface area contributed by atoms with Crippen LogP contribution in [-0.4, -0.2) is 46.4 Å². The first-order valence-electron chi connectivity index (χ1n) is 11.0. The van der Waals surface area contributed by atoms with Crippen LogP contribution in [0.1, 0.15) is 35.1 Å². The molecule has 0 radical (unpaired) electrons. The second-order valence-electron chi connectivity index (χ2n) is 9.04. The van der Waals surface area contributed by atoms with Crippen molar-refractivity contribution in [2.45, 2.75) is 45.7 Å². The Morgan fingerprint density at radius 3 is 2.31 bits per heavy atom. The maximum atomic E-state index is 12.0. The monoisotopic (exact) mass is 455 g/mol. The lowest BCUT2D eigenvalue weighted by atomic mass is 9.83. The molecule has 0 N–H and O–H groups in total. The molecule has 1 atom stereocenters. The number of benzene rings is 3. The lowest BCUT2D eigenvalue weighted by Crippen LogP contribution is -2.35. The minimum atomic E-state index is -3.65. The molecule has 0 aromatic heterocycles. The summed E-state index contributed by atoms with van der Waals surface area (Å²) in [6.45, 7) is 5.92. The van der Waals surface area contributed by atoms with E-state index in [4.69, 9.17) is 13.7 Å². The molecule has 0 saturated carbocycles. The second-order valence-corrected chi connectivity index (χ2v) is 10.6. The van der Waals surface area contributed by atoms with Gasteiger partial charge in [-0.1, -0.05) is 0 Å². The van der Waals surface area contributed by atoms with Gasteiger partial charge in [0.05, 0.1) is 20.5 Å². The predicted octanol–water partition coefficient (Wildman–Crippen LogP) is 4.49. The van der Waals surface area contributed by atoms with Crippen molar-refractivity contribution in [2.24, 2.45) is 0 Å². The topological polar surface area (TPSA) is 65.1 Å². The number of rotatable bonds is 4. The molecule has 0 amide bonds. The summed E-state index contributed by atoms with van der Waals surface area (Å²) in [6.07, 6.45) is 4.54. The van der Waals surface area contributed by atoms with Gasteiger partial charge in [0, 0.05) is 18.2 Å². The largest absolute Gasteiger partial charge is 0.493 e. The van der Waals surface area contributed by atoms with Gasteiger partial charge in [-0.3, -0.25) is 4.90 Å². The molecule has 2 aliphatic rings. The van der Waals surface area contributed by atoms with Gasteiger partial charge in [-0.2, -0.15) is 8.42 Å². The molecule has 6 nitrogen and oxygen atoms in total. The van der Waals surface area contributed by atoms with E-state index in [9.17, 15) is 8.42 Å². The number of hydrogen-bond acceptors (Lipinski definition) is 6. The van der Waals surface area contributed by atoms with Gasteiger partial charge in [0.25, 0.3) is 0 Å². The fourth-order valence-electron chi connectivity index (χ4n) is 5.68. The summed E-state index contributed by atoms with van der Waals surface area (Å²) in [6, 6.07) is 6.75. The molecule has 3 aromatic carbocycles. The lowest BCUT2D eigenvalue weighted by molar-refractivity contribution is 0.229. The van der Waals surface area contributed by atoms with E-state index < -0.39 is 10.1 Å². The highest BCUT2D eigenvalue weighted by Crippen LogP contribution is 2.46. The third kappa shape index (κ3) is 3.30. The van der Waals surface area contributed by atoms with Crippen LogP contribution in [0.4, 0.5) is 0 Å². The van der Waals surface area contributed by atoms with E-state index in [-0.39, 0.29) is 0 Å². The highest BCUT2D eigenvalue weighted by atomic mass is 32.2. The van der Waals surface area contributed by atoms with Crippen LogP contribution in [0.25, 0.3) is 21.5 Å². The average Bonchev–Trinajstić information content (AvgIpc) is 3.21. The molecular formula is C25H29NO5S. The molecule has 170 valence electrons. The molecule has 0 spiro atoms. The van der Waals surface area contributed by atoms with Crippen molar-refractivity contribution in [3.8, 4) is 17.2 Å². The van der Waals surface area contributed by atoms with Crippen molar-refractivity contribution in [3.63, 3.8) is 0 Å². The molecule has 32 heavy (non-hydrogen) atoms. The molecule has 1 fully saturated rings. The molecule has 0 aliphatic carbocycles. The van der Waals surface area contributed by atoms with Crippen LogP contribution < -0.4 is 13.7 Å². The van der Waals surface area contributed by atoms with Crippen molar-refractivity contribution in [2.75, 3.05) is 27.0 Å². The maximum absolute atomic E-state index is 12.0. The van der Waals surface area contributed by atoms with Crippen LogP contribution in [0, 0.1) is 13.8 Å². The highest BCUT2D eigenvalue weighted by molar-refractivity contribution is 7.86. The standard InChI is InChI=1S/C25H29NO5S/c1-14-9-19-17-10-16-7-6-8-26(16)13-21(17)18-11-22(29-3)23(30-4)12-20(18)24(19)15(2)25(14)31-32(5,27)28/h9,11-12,16H,6-8,10,13H2,1-5H3/t16-/m0/s1. The van der Waals surface area contributed by atoms with E-state index in [0.717, 1.165) is 53.1 Å². The SMILES string of the molecule is COc1cc2c3c(c4cc(C)c(OS(C)(=O)=O)c(C)c4c2cc1OC)C[C@@H]1CCCN1C3. The summed E-state index contributed by atoms with van der Waals surface area (Å²) >= 11 is 0. The fourth-order valence-corrected chi connectivity index (χ4v) is 6.24. The molecule has 2 aliphatic heterocycles. The minimum absolute atomic E-state index is 0.411. The first-order valence-corrected chi connectivity index (χ1v) is 12.8. The number of nitrogens with zero attached hydrogens (tertiary/aromatic N) is 1. The first kappa shape index (κ1) is 21.3. The van der Waals surface area contributed by atoms with Crippen molar-refractivity contribution in [1.82, 2.24) is 4.90 Å². The summed E-state index contributed by atoms with van der Waals surface area (Å²) < 4.78 is 40.7. The molecular weight excluding hydrogens is 426 g/mol. The van der Waals surface area contributed by atoms with Gasteiger partial charge < -0.3 is 13.7 Å². The van der Waals surface area contributed by atoms with Gasteiger partial charge in [0.1, 0.15) is 5.75 Å². The molecule has 7 heteroatoms. The summed E-state index contributed by atoms with van der Waals surface area (Å²) in [5.41, 5.74) is 4.36. The highest BCUT2D eigenvalue weighted by Gasteiger charge is 2.33. The Kier molecular flexibility index (Phi) is 5.02. The maximum Gasteiger partial charge on any atom is 0.306 e. The van der Waals surface area contributed by atoms with Crippen molar-refractivity contribution >= 4 is 31.7 Å². The minimum Gasteiger partial charge on any atom is -0.493 e. The molecule has 0 unspecified atom stereocenters. The number of aryl methyl sites for hydroxylation is 2. The molecule has 5 rings (SSSR count). The van der Waals surface area contributed by atoms with Gasteiger partial charge in [-0.05, 0) is 96.1 Å². The Balaban J connectivity index is 1.92. The van der Waals surface area contributed by atoms with Crippen LogP contribution in [0.5, 0.6) is 17.2 Å². The summed E-state index contributed by atoms with van der Waals surface area (Å²) in [5, 5.41) is 4.37. The van der Waals surface area contributed by atoms with E-state index in [2.05, 4.69) is 17.0 Å². The number of fused-ring (bicyclic) bond motifs is 7. The predicted molar refractivity (Wildman–Crippen MR) is 127 cm³/mol. The Morgan fingerprint density at radius 1 is 0.969 bits per heavy atom. The van der Waals surface area contributed by atoms with Crippen molar-refractivity contribution in [1.29, 1.82) is 0 Å². The Hall–Kier alpha value is -2.51. The normalized spacial score (nSPS) is 18.6.